The minimum absolute atomic E-state index is 0.117. The van der Waals surface area contributed by atoms with Crippen molar-refractivity contribution in [3.63, 3.8) is 0 Å². The van der Waals surface area contributed by atoms with E-state index in [0.717, 1.165) is 42.5 Å². The van der Waals surface area contributed by atoms with Crippen molar-refractivity contribution in [2.45, 2.75) is 25.9 Å². The molecule has 1 unspecified atom stereocenters. The SMILES string of the molecule is CCOC(=O)[C@H](c1ccccc1)N1CCN(c2ccc(-n3ccn(C(C)c4cc(F)ccc4F)c3=O)cc2)CC1. The minimum atomic E-state index is -0.672. The maximum absolute atomic E-state index is 14.3. The Morgan fingerprint density at radius 3 is 2.25 bits per heavy atom. The monoisotopic (exact) mass is 546 g/mol. The van der Waals surface area contributed by atoms with Crippen molar-refractivity contribution in [3.8, 4) is 5.69 Å². The summed E-state index contributed by atoms with van der Waals surface area (Å²) in [6.45, 7) is 6.66. The Labute approximate surface area is 231 Å². The molecule has 0 spiro atoms. The van der Waals surface area contributed by atoms with Crippen molar-refractivity contribution in [1.82, 2.24) is 14.0 Å². The molecular formula is C31H32F2N4O3. The lowest BCUT2D eigenvalue weighted by molar-refractivity contribution is -0.150. The highest BCUT2D eigenvalue weighted by Crippen LogP contribution is 2.26. The van der Waals surface area contributed by atoms with Crippen molar-refractivity contribution >= 4 is 11.7 Å². The van der Waals surface area contributed by atoms with Crippen LogP contribution in [0.1, 0.15) is 37.1 Å². The Morgan fingerprint density at radius 2 is 1.57 bits per heavy atom. The molecule has 3 aromatic carbocycles. The molecule has 1 aromatic heterocycles. The highest BCUT2D eigenvalue weighted by Gasteiger charge is 2.31. The number of carbonyl (C=O) groups is 1. The van der Waals surface area contributed by atoms with E-state index in [9.17, 15) is 18.4 Å². The Morgan fingerprint density at radius 1 is 0.900 bits per heavy atom. The van der Waals surface area contributed by atoms with Crippen LogP contribution in [0.3, 0.4) is 0 Å². The van der Waals surface area contributed by atoms with Crippen LogP contribution in [0.15, 0.2) is 90.0 Å². The maximum atomic E-state index is 14.3. The average molecular weight is 547 g/mol. The number of esters is 1. The number of carbonyl (C=O) groups excluding carboxylic acids is 1. The summed E-state index contributed by atoms with van der Waals surface area (Å²) in [6, 6.07) is 19.5. The van der Waals surface area contributed by atoms with Gasteiger partial charge in [-0.2, -0.15) is 0 Å². The number of rotatable bonds is 8. The fourth-order valence-electron chi connectivity index (χ4n) is 5.28. The number of imidazole rings is 1. The second kappa shape index (κ2) is 11.9. The van der Waals surface area contributed by atoms with Crippen molar-refractivity contribution in [1.29, 1.82) is 0 Å². The predicted octanol–water partition coefficient (Wildman–Crippen LogP) is 4.95. The van der Waals surface area contributed by atoms with Gasteiger partial charge in [0, 0.05) is 49.8 Å². The van der Waals surface area contributed by atoms with E-state index in [4.69, 9.17) is 4.74 Å². The standard InChI is InChI=1S/C31H32F2N4O3/c1-3-40-30(38)29(23-7-5-4-6-8-23)35-17-15-34(16-18-35)25-10-12-26(13-11-25)37-20-19-36(31(37)39)22(2)27-21-24(32)9-14-28(27)33/h4-14,19-22,29H,3,15-18H2,1-2H3/t22?,29-/m0/s1. The minimum Gasteiger partial charge on any atom is -0.465 e. The molecule has 0 amide bonds. The van der Waals surface area contributed by atoms with Crippen molar-refractivity contribution in [2.24, 2.45) is 0 Å². The highest BCUT2D eigenvalue weighted by atomic mass is 19.1. The van der Waals surface area contributed by atoms with Crippen LogP contribution in [0.5, 0.6) is 0 Å². The number of hydrogen-bond donors (Lipinski definition) is 0. The van der Waals surface area contributed by atoms with Crippen LogP contribution < -0.4 is 10.6 Å². The summed E-state index contributed by atoms with van der Waals surface area (Å²) in [6.07, 6.45) is 3.21. The number of aromatic nitrogens is 2. The lowest BCUT2D eigenvalue weighted by Crippen LogP contribution is -2.49. The molecule has 0 saturated carbocycles. The molecule has 1 aliphatic rings. The molecule has 9 heteroatoms. The van der Waals surface area contributed by atoms with Gasteiger partial charge in [0.25, 0.3) is 0 Å². The van der Waals surface area contributed by atoms with Gasteiger partial charge in [-0.25, -0.2) is 18.4 Å². The van der Waals surface area contributed by atoms with Gasteiger partial charge in [-0.1, -0.05) is 30.3 Å². The average Bonchev–Trinajstić information content (AvgIpc) is 3.36. The fourth-order valence-corrected chi connectivity index (χ4v) is 5.28. The molecule has 2 heterocycles. The molecule has 2 atom stereocenters. The molecular weight excluding hydrogens is 514 g/mol. The molecule has 0 radical (unpaired) electrons. The first-order valence-corrected chi connectivity index (χ1v) is 13.4. The first kappa shape index (κ1) is 27.3. The van der Waals surface area contributed by atoms with E-state index in [1.807, 2.05) is 61.5 Å². The second-order valence-corrected chi connectivity index (χ2v) is 9.80. The Hall–Kier alpha value is -4.24. The smallest absolute Gasteiger partial charge is 0.333 e. The molecule has 1 saturated heterocycles. The first-order valence-electron chi connectivity index (χ1n) is 13.4. The number of benzene rings is 3. The highest BCUT2D eigenvalue weighted by molar-refractivity contribution is 5.77. The van der Waals surface area contributed by atoms with Crippen molar-refractivity contribution in [3.05, 3.63) is 118 Å². The summed E-state index contributed by atoms with van der Waals surface area (Å²) >= 11 is 0. The van der Waals surface area contributed by atoms with Crippen molar-refractivity contribution in [2.75, 3.05) is 37.7 Å². The molecule has 5 rings (SSSR count). The largest absolute Gasteiger partial charge is 0.465 e. The zero-order valence-electron chi connectivity index (χ0n) is 22.5. The third-order valence-corrected chi connectivity index (χ3v) is 7.43. The lowest BCUT2D eigenvalue weighted by Gasteiger charge is -2.39. The summed E-state index contributed by atoms with van der Waals surface area (Å²) in [5.74, 6) is -1.35. The summed E-state index contributed by atoms with van der Waals surface area (Å²) in [5, 5.41) is 0. The van der Waals surface area contributed by atoms with Crippen LogP contribution in [0.4, 0.5) is 14.5 Å². The number of ether oxygens (including phenoxy) is 1. The molecule has 0 N–H and O–H groups in total. The quantitative estimate of drug-likeness (QED) is 0.293. The number of halogens is 2. The Kier molecular flexibility index (Phi) is 8.11. The third-order valence-electron chi connectivity index (χ3n) is 7.43. The zero-order chi connectivity index (χ0) is 28.2. The third kappa shape index (κ3) is 5.56. The lowest BCUT2D eigenvalue weighted by atomic mass is 10.0. The topological polar surface area (TPSA) is 59.7 Å². The first-order chi connectivity index (χ1) is 19.4. The molecule has 0 aliphatic carbocycles. The van der Waals surface area contributed by atoms with Gasteiger partial charge in [-0.05, 0) is 61.9 Å². The van der Waals surface area contributed by atoms with Crippen LogP contribution in [-0.2, 0) is 9.53 Å². The van der Waals surface area contributed by atoms with Crippen LogP contribution in [0.2, 0.25) is 0 Å². The number of piperazine rings is 1. The zero-order valence-corrected chi connectivity index (χ0v) is 22.5. The van der Waals surface area contributed by atoms with Gasteiger partial charge < -0.3 is 9.64 Å². The molecule has 1 fully saturated rings. The van der Waals surface area contributed by atoms with Gasteiger partial charge in [0.1, 0.15) is 17.7 Å². The summed E-state index contributed by atoms with van der Waals surface area (Å²) < 4.78 is 36.3. The van der Waals surface area contributed by atoms with Gasteiger partial charge in [-0.3, -0.25) is 14.0 Å². The summed E-state index contributed by atoms with van der Waals surface area (Å²) in [5.41, 5.74) is 2.38. The van der Waals surface area contributed by atoms with E-state index in [1.165, 1.54) is 9.13 Å². The van der Waals surface area contributed by atoms with E-state index < -0.39 is 23.7 Å². The fraction of sp³-hybridized carbons (Fsp3) is 0.290. The normalized spacial score (nSPS) is 15.6. The van der Waals surface area contributed by atoms with Crippen LogP contribution in [-0.4, -0.2) is 52.8 Å². The molecule has 7 nitrogen and oxygen atoms in total. The van der Waals surface area contributed by atoms with E-state index in [-0.39, 0.29) is 17.2 Å². The predicted molar refractivity (Wildman–Crippen MR) is 150 cm³/mol. The van der Waals surface area contributed by atoms with E-state index in [2.05, 4.69) is 9.80 Å². The van der Waals surface area contributed by atoms with Gasteiger partial charge in [0.15, 0.2) is 0 Å². The Balaban J connectivity index is 1.28. The van der Waals surface area contributed by atoms with Crippen LogP contribution in [0.25, 0.3) is 5.69 Å². The molecule has 4 aromatic rings. The second-order valence-electron chi connectivity index (χ2n) is 9.80. The number of hydrogen-bond acceptors (Lipinski definition) is 5. The van der Waals surface area contributed by atoms with Gasteiger partial charge in [-0.15, -0.1) is 0 Å². The van der Waals surface area contributed by atoms with Crippen LogP contribution >= 0.6 is 0 Å². The van der Waals surface area contributed by atoms with E-state index >= 15 is 0 Å². The maximum Gasteiger partial charge on any atom is 0.333 e. The van der Waals surface area contributed by atoms with Gasteiger partial charge in [0.2, 0.25) is 0 Å². The number of nitrogens with zero attached hydrogens (tertiary/aromatic N) is 4. The molecule has 1 aliphatic heterocycles. The van der Waals surface area contributed by atoms with Crippen molar-refractivity contribution < 1.29 is 18.3 Å². The van der Waals surface area contributed by atoms with Gasteiger partial charge >= 0.3 is 11.7 Å². The van der Waals surface area contributed by atoms with Crippen LogP contribution in [0, 0.1) is 11.6 Å². The van der Waals surface area contributed by atoms with E-state index in [1.54, 1.807) is 19.3 Å². The summed E-state index contributed by atoms with van der Waals surface area (Å²) in [4.78, 5) is 30.4. The summed E-state index contributed by atoms with van der Waals surface area (Å²) in [7, 11) is 0. The number of anilines is 1. The van der Waals surface area contributed by atoms with Gasteiger partial charge in [0.05, 0.1) is 18.3 Å². The molecule has 40 heavy (non-hydrogen) atoms. The van der Waals surface area contributed by atoms with E-state index in [0.29, 0.717) is 25.4 Å². The molecule has 208 valence electrons. The molecule has 0 bridgehead atoms. The Bertz CT molecular complexity index is 1510.